The summed E-state index contributed by atoms with van der Waals surface area (Å²) in [5.74, 6) is 0.764. The molecular weight excluding hydrogens is 278 g/mol. The molecule has 0 aliphatic heterocycles. The summed E-state index contributed by atoms with van der Waals surface area (Å²) in [5, 5.41) is 10.1. The van der Waals surface area contributed by atoms with Crippen LogP contribution >= 0.6 is 0 Å². The summed E-state index contributed by atoms with van der Waals surface area (Å²) in [6.45, 7) is 5.99. The maximum Gasteiger partial charge on any atom is 0.213 e. The van der Waals surface area contributed by atoms with E-state index in [0.29, 0.717) is 17.1 Å². The first-order valence-electron chi connectivity index (χ1n) is 7.30. The number of phenolic OH excluding ortho intramolecular Hbond substituents is 1. The molecule has 5 heteroatoms. The third kappa shape index (κ3) is 3.75. The van der Waals surface area contributed by atoms with Crippen molar-refractivity contribution in [2.75, 3.05) is 25.1 Å². The van der Waals surface area contributed by atoms with Gasteiger partial charge in [-0.15, -0.1) is 0 Å². The fourth-order valence-corrected chi connectivity index (χ4v) is 2.14. The molecule has 2 rings (SSSR count). The van der Waals surface area contributed by atoms with E-state index < -0.39 is 0 Å². The van der Waals surface area contributed by atoms with Crippen molar-refractivity contribution in [3.8, 4) is 11.6 Å². The zero-order valence-electron chi connectivity index (χ0n) is 13.2. The largest absolute Gasteiger partial charge is 0.507 e. The molecule has 0 saturated carbocycles. The van der Waals surface area contributed by atoms with Gasteiger partial charge >= 0.3 is 0 Å². The molecule has 0 aliphatic carbocycles. The Morgan fingerprint density at radius 3 is 2.55 bits per heavy atom. The van der Waals surface area contributed by atoms with Gasteiger partial charge in [0.15, 0.2) is 0 Å². The SMILES string of the molecule is CCN(CC)c1ccc(C=Nc2ccc(OC)nc2)c(O)c1. The average Bonchev–Trinajstić information content (AvgIpc) is 2.55. The highest BCUT2D eigenvalue weighted by molar-refractivity contribution is 5.86. The molecule has 0 atom stereocenters. The lowest BCUT2D eigenvalue weighted by atomic mass is 10.2. The summed E-state index contributed by atoms with van der Waals surface area (Å²) < 4.78 is 5.00. The second kappa shape index (κ2) is 7.45. The van der Waals surface area contributed by atoms with Crippen LogP contribution in [0.15, 0.2) is 41.5 Å². The fourth-order valence-electron chi connectivity index (χ4n) is 2.14. The number of methoxy groups -OCH3 is 1. The van der Waals surface area contributed by atoms with E-state index in [9.17, 15) is 5.11 Å². The molecule has 0 saturated heterocycles. The lowest BCUT2D eigenvalue weighted by molar-refractivity contribution is 0.398. The Labute approximate surface area is 130 Å². The number of pyridine rings is 1. The molecule has 22 heavy (non-hydrogen) atoms. The average molecular weight is 299 g/mol. The quantitative estimate of drug-likeness (QED) is 0.831. The topological polar surface area (TPSA) is 58.0 Å². The number of aromatic nitrogens is 1. The van der Waals surface area contributed by atoms with Gasteiger partial charge in [-0.2, -0.15) is 0 Å². The van der Waals surface area contributed by atoms with Gasteiger partial charge in [-0.1, -0.05) is 0 Å². The van der Waals surface area contributed by atoms with Gasteiger partial charge in [0.1, 0.15) is 5.75 Å². The number of ether oxygens (including phenoxy) is 1. The van der Waals surface area contributed by atoms with Crippen molar-refractivity contribution >= 4 is 17.6 Å². The molecule has 0 radical (unpaired) electrons. The number of nitrogens with zero attached hydrogens (tertiary/aromatic N) is 3. The van der Waals surface area contributed by atoms with Crippen molar-refractivity contribution in [1.82, 2.24) is 4.98 Å². The lowest BCUT2D eigenvalue weighted by Gasteiger charge is -2.21. The Bertz CT molecular complexity index is 635. The summed E-state index contributed by atoms with van der Waals surface area (Å²) in [5.41, 5.74) is 2.38. The highest BCUT2D eigenvalue weighted by atomic mass is 16.5. The number of aromatic hydroxyl groups is 1. The Morgan fingerprint density at radius 2 is 2.00 bits per heavy atom. The summed E-state index contributed by atoms with van der Waals surface area (Å²) in [6.07, 6.45) is 3.25. The van der Waals surface area contributed by atoms with E-state index in [4.69, 9.17) is 4.74 Å². The number of anilines is 1. The van der Waals surface area contributed by atoms with Crippen molar-refractivity contribution in [3.63, 3.8) is 0 Å². The van der Waals surface area contributed by atoms with E-state index in [0.717, 1.165) is 18.8 Å². The number of benzene rings is 1. The van der Waals surface area contributed by atoms with Crippen LogP contribution in [-0.2, 0) is 0 Å². The van der Waals surface area contributed by atoms with Gasteiger partial charge in [-0.25, -0.2) is 4.98 Å². The van der Waals surface area contributed by atoms with E-state index in [2.05, 4.69) is 28.7 Å². The Kier molecular flexibility index (Phi) is 5.36. The number of hydrogen-bond donors (Lipinski definition) is 1. The third-order valence-corrected chi connectivity index (χ3v) is 3.43. The summed E-state index contributed by atoms with van der Waals surface area (Å²) in [6, 6.07) is 9.17. The second-order valence-electron chi connectivity index (χ2n) is 4.73. The zero-order valence-corrected chi connectivity index (χ0v) is 13.2. The molecule has 116 valence electrons. The van der Waals surface area contributed by atoms with E-state index in [1.54, 1.807) is 31.7 Å². The van der Waals surface area contributed by atoms with Gasteiger partial charge < -0.3 is 14.7 Å². The van der Waals surface area contributed by atoms with Crippen molar-refractivity contribution in [3.05, 3.63) is 42.1 Å². The van der Waals surface area contributed by atoms with E-state index in [1.165, 1.54) is 0 Å². The third-order valence-electron chi connectivity index (χ3n) is 3.43. The first-order chi connectivity index (χ1) is 10.7. The highest BCUT2D eigenvalue weighted by Gasteiger charge is 2.05. The van der Waals surface area contributed by atoms with Crippen LogP contribution in [0.3, 0.4) is 0 Å². The van der Waals surface area contributed by atoms with Crippen molar-refractivity contribution in [2.45, 2.75) is 13.8 Å². The molecule has 1 heterocycles. The molecule has 0 fully saturated rings. The maximum absolute atomic E-state index is 10.1. The van der Waals surface area contributed by atoms with Crippen LogP contribution in [-0.4, -0.2) is 36.5 Å². The summed E-state index contributed by atoms with van der Waals surface area (Å²) in [7, 11) is 1.57. The van der Waals surface area contributed by atoms with Gasteiger partial charge in [0, 0.05) is 42.7 Å². The van der Waals surface area contributed by atoms with Crippen molar-refractivity contribution < 1.29 is 9.84 Å². The van der Waals surface area contributed by atoms with Gasteiger partial charge in [-0.3, -0.25) is 4.99 Å². The van der Waals surface area contributed by atoms with E-state index in [-0.39, 0.29) is 5.75 Å². The smallest absolute Gasteiger partial charge is 0.213 e. The standard InChI is InChI=1S/C17H21N3O2/c1-4-20(5-2)15-8-6-13(16(21)10-15)11-18-14-7-9-17(22-3)19-12-14/h6-12,21H,4-5H2,1-3H3. The highest BCUT2D eigenvalue weighted by Crippen LogP contribution is 2.24. The molecule has 2 aromatic rings. The fraction of sp³-hybridized carbons (Fsp3) is 0.294. The van der Waals surface area contributed by atoms with Gasteiger partial charge in [0.05, 0.1) is 19.0 Å². The molecule has 0 bridgehead atoms. The van der Waals surface area contributed by atoms with Gasteiger partial charge in [-0.05, 0) is 32.0 Å². The molecule has 1 aromatic carbocycles. The number of aliphatic imine (C=N–C) groups is 1. The van der Waals surface area contributed by atoms with Crippen LogP contribution in [0.4, 0.5) is 11.4 Å². The summed E-state index contributed by atoms with van der Waals surface area (Å²) in [4.78, 5) is 10.6. The first kappa shape index (κ1) is 15.8. The van der Waals surface area contributed by atoms with Crippen LogP contribution < -0.4 is 9.64 Å². The predicted molar refractivity (Wildman–Crippen MR) is 89.7 cm³/mol. The van der Waals surface area contributed by atoms with Crippen molar-refractivity contribution in [2.24, 2.45) is 4.99 Å². The van der Waals surface area contributed by atoms with Gasteiger partial charge in [0.25, 0.3) is 0 Å². The molecule has 0 spiro atoms. The minimum atomic E-state index is 0.217. The predicted octanol–water partition coefficient (Wildman–Crippen LogP) is 3.39. The monoisotopic (exact) mass is 299 g/mol. The Balaban J connectivity index is 2.16. The van der Waals surface area contributed by atoms with Crippen LogP contribution in [0.1, 0.15) is 19.4 Å². The van der Waals surface area contributed by atoms with E-state index >= 15 is 0 Å². The first-order valence-corrected chi connectivity index (χ1v) is 7.30. The maximum atomic E-state index is 10.1. The lowest BCUT2D eigenvalue weighted by Crippen LogP contribution is -2.21. The minimum absolute atomic E-state index is 0.217. The molecule has 5 nitrogen and oxygen atoms in total. The zero-order chi connectivity index (χ0) is 15.9. The van der Waals surface area contributed by atoms with Crippen LogP contribution in [0.5, 0.6) is 11.6 Å². The minimum Gasteiger partial charge on any atom is -0.507 e. The van der Waals surface area contributed by atoms with Crippen LogP contribution in [0, 0.1) is 0 Å². The summed E-state index contributed by atoms with van der Waals surface area (Å²) >= 11 is 0. The molecule has 1 N–H and O–H groups in total. The van der Waals surface area contributed by atoms with Crippen LogP contribution in [0.25, 0.3) is 0 Å². The number of rotatable bonds is 6. The van der Waals surface area contributed by atoms with Crippen molar-refractivity contribution in [1.29, 1.82) is 0 Å². The Morgan fingerprint density at radius 1 is 1.23 bits per heavy atom. The molecule has 0 amide bonds. The second-order valence-corrected chi connectivity index (χ2v) is 4.73. The molecule has 0 unspecified atom stereocenters. The van der Waals surface area contributed by atoms with E-state index in [1.807, 2.05) is 18.2 Å². The van der Waals surface area contributed by atoms with Gasteiger partial charge in [0.2, 0.25) is 5.88 Å². The number of phenols is 1. The molecule has 0 aliphatic rings. The Hall–Kier alpha value is -2.56. The molecular formula is C17H21N3O2. The number of hydrogen-bond acceptors (Lipinski definition) is 5. The van der Waals surface area contributed by atoms with Crippen LogP contribution in [0.2, 0.25) is 0 Å². The normalized spacial score (nSPS) is 10.9. The molecule has 1 aromatic heterocycles.